The van der Waals surface area contributed by atoms with E-state index in [1.165, 1.54) is 0 Å². The highest BCUT2D eigenvalue weighted by atomic mass is 16.5. The van der Waals surface area contributed by atoms with Gasteiger partial charge in [-0.3, -0.25) is 4.79 Å². The second-order valence-corrected chi connectivity index (χ2v) is 4.76. The first-order chi connectivity index (χ1) is 10.1. The van der Waals surface area contributed by atoms with Crippen molar-refractivity contribution >= 4 is 11.7 Å². The van der Waals surface area contributed by atoms with Crippen molar-refractivity contribution in [1.29, 1.82) is 0 Å². The molecule has 0 saturated carbocycles. The topological polar surface area (TPSA) is 54.5 Å². The highest BCUT2D eigenvalue weighted by Crippen LogP contribution is 2.35. The van der Waals surface area contributed by atoms with Gasteiger partial charge in [-0.1, -0.05) is 0 Å². The number of hydrogen-bond donors (Lipinski definition) is 1. The number of hydrogen-bond acceptors (Lipinski definition) is 4. The monoisotopic (exact) mass is 285 g/mol. The Hall–Kier alpha value is -2.56. The summed E-state index contributed by atoms with van der Waals surface area (Å²) in [4.78, 5) is 18.2. The molecule has 21 heavy (non-hydrogen) atoms. The number of aromatic nitrogens is 1. The van der Waals surface area contributed by atoms with Gasteiger partial charge in [0.1, 0.15) is 11.6 Å². The number of rotatable bonds is 4. The van der Waals surface area contributed by atoms with Crippen LogP contribution < -0.4 is 15.0 Å². The highest BCUT2D eigenvalue weighted by molar-refractivity contribution is 5.96. The maximum atomic E-state index is 11.8. The van der Waals surface area contributed by atoms with E-state index >= 15 is 0 Å². The van der Waals surface area contributed by atoms with Crippen molar-refractivity contribution in [3.8, 4) is 16.9 Å². The Kier molecular flexibility index (Phi) is 4.42. The van der Waals surface area contributed by atoms with Crippen LogP contribution in [0.15, 0.2) is 36.5 Å². The Bertz CT molecular complexity index is 654. The van der Waals surface area contributed by atoms with Crippen LogP contribution in [-0.2, 0) is 0 Å². The lowest BCUT2D eigenvalue weighted by molar-refractivity contribution is 0.0963. The van der Waals surface area contributed by atoms with Gasteiger partial charge >= 0.3 is 0 Å². The summed E-state index contributed by atoms with van der Waals surface area (Å²) in [5, 5.41) is 2.63. The zero-order valence-corrected chi connectivity index (χ0v) is 12.7. The minimum absolute atomic E-state index is 0.130. The van der Waals surface area contributed by atoms with Gasteiger partial charge in [-0.25, -0.2) is 4.98 Å². The van der Waals surface area contributed by atoms with E-state index in [9.17, 15) is 4.79 Å². The third kappa shape index (κ3) is 2.97. The predicted molar refractivity (Wildman–Crippen MR) is 83.9 cm³/mol. The lowest BCUT2D eigenvalue weighted by Gasteiger charge is -2.18. The van der Waals surface area contributed by atoms with Crippen molar-refractivity contribution in [1.82, 2.24) is 10.3 Å². The Labute approximate surface area is 124 Å². The summed E-state index contributed by atoms with van der Waals surface area (Å²) in [6, 6.07) is 9.20. The smallest absolute Gasteiger partial charge is 0.251 e. The molecule has 1 heterocycles. The van der Waals surface area contributed by atoms with Gasteiger partial charge in [0.2, 0.25) is 0 Å². The number of carbonyl (C=O) groups is 1. The fraction of sp³-hybridized carbons (Fsp3) is 0.250. The van der Waals surface area contributed by atoms with Gasteiger partial charge in [0, 0.05) is 44.0 Å². The molecule has 0 aliphatic carbocycles. The largest absolute Gasteiger partial charge is 0.496 e. The standard InChI is InChI=1S/C16H19N3O2/c1-17-16(20)11-7-8-14(21-4)13(10-11)12-6-5-9-18-15(12)19(2)3/h5-10H,1-4H3,(H,17,20). The van der Waals surface area contributed by atoms with E-state index in [0.29, 0.717) is 11.3 Å². The minimum atomic E-state index is -0.130. The Morgan fingerprint density at radius 2 is 2.00 bits per heavy atom. The summed E-state index contributed by atoms with van der Waals surface area (Å²) in [5.74, 6) is 1.40. The first kappa shape index (κ1) is 14.8. The summed E-state index contributed by atoms with van der Waals surface area (Å²) in [7, 11) is 7.09. The number of carbonyl (C=O) groups excluding carboxylic acids is 1. The van der Waals surface area contributed by atoms with Gasteiger partial charge in [-0.15, -0.1) is 0 Å². The molecule has 5 nitrogen and oxygen atoms in total. The minimum Gasteiger partial charge on any atom is -0.496 e. The third-order valence-electron chi connectivity index (χ3n) is 3.19. The number of ether oxygens (including phenoxy) is 1. The molecule has 2 rings (SSSR count). The molecule has 5 heteroatoms. The van der Waals surface area contributed by atoms with Crippen molar-refractivity contribution in [3.63, 3.8) is 0 Å². The molecule has 0 saturated heterocycles. The maximum absolute atomic E-state index is 11.8. The van der Waals surface area contributed by atoms with Crippen molar-refractivity contribution in [3.05, 3.63) is 42.1 Å². The summed E-state index contributed by atoms with van der Waals surface area (Å²) in [5.41, 5.74) is 2.35. The van der Waals surface area contributed by atoms with Gasteiger partial charge in [-0.2, -0.15) is 0 Å². The van der Waals surface area contributed by atoms with Crippen LogP contribution in [0.5, 0.6) is 5.75 Å². The molecule has 0 aliphatic rings. The van der Waals surface area contributed by atoms with Gasteiger partial charge in [0.15, 0.2) is 0 Å². The molecule has 2 aromatic rings. The number of nitrogens with one attached hydrogen (secondary N) is 1. The van der Waals surface area contributed by atoms with E-state index in [-0.39, 0.29) is 5.91 Å². The molecule has 0 atom stereocenters. The molecule has 0 unspecified atom stereocenters. The number of methoxy groups -OCH3 is 1. The molecule has 0 bridgehead atoms. The normalized spacial score (nSPS) is 10.1. The Morgan fingerprint density at radius 1 is 1.24 bits per heavy atom. The van der Waals surface area contributed by atoms with Gasteiger partial charge in [0.25, 0.3) is 5.91 Å². The quantitative estimate of drug-likeness (QED) is 0.935. The van der Waals surface area contributed by atoms with Gasteiger partial charge < -0.3 is 15.0 Å². The number of anilines is 1. The summed E-state index contributed by atoms with van der Waals surface area (Å²) < 4.78 is 5.42. The third-order valence-corrected chi connectivity index (χ3v) is 3.19. The fourth-order valence-electron chi connectivity index (χ4n) is 2.17. The van der Waals surface area contributed by atoms with Gasteiger partial charge in [0.05, 0.1) is 7.11 Å². The lowest BCUT2D eigenvalue weighted by atomic mass is 10.0. The van der Waals surface area contributed by atoms with Crippen molar-refractivity contribution in [2.45, 2.75) is 0 Å². The molecule has 0 spiro atoms. The molecular weight excluding hydrogens is 266 g/mol. The van der Waals surface area contributed by atoms with Gasteiger partial charge in [-0.05, 0) is 30.3 Å². The van der Waals surface area contributed by atoms with Crippen LogP contribution in [0.2, 0.25) is 0 Å². The Balaban J connectivity index is 2.64. The van der Waals surface area contributed by atoms with E-state index in [2.05, 4.69) is 10.3 Å². The van der Waals surface area contributed by atoms with Crippen LogP contribution in [0.1, 0.15) is 10.4 Å². The van der Waals surface area contributed by atoms with Crippen LogP contribution in [-0.4, -0.2) is 39.1 Å². The number of pyridine rings is 1. The average molecular weight is 285 g/mol. The Morgan fingerprint density at radius 3 is 2.62 bits per heavy atom. The molecular formula is C16H19N3O2. The highest BCUT2D eigenvalue weighted by Gasteiger charge is 2.15. The first-order valence-corrected chi connectivity index (χ1v) is 6.61. The molecule has 0 radical (unpaired) electrons. The molecule has 110 valence electrons. The van der Waals surface area contributed by atoms with E-state index in [0.717, 1.165) is 16.9 Å². The molecule has 1 aromatic carbocycles. The zero-order chi connectivity index (χ0) is 15.4. The van der Waals surface area contributed by atoms with Crippen LogP contribution in [0.25, 0.3) is 11.1 Å². The van der Waals surface area contributed by atoms with E-state index < -0.39 is 0 Å². The molecule has 0 aliphatic heterocycles. The van der Waals surface area contributed by atoms with Crippen LogP contribution in [0.3, 0.4) is 0 Å². The lowest BCUT2D eigenvalue weighted by Crippen LogP contribution is -2.18. The second-order valence-electron chi connectivity index (χ2n) is 4.76. The first-order valence-electron chi connectivity index (χ1n) is 6.61. The predicted octanol–water partition coefficient (Wildman–Crippen LogP) is 2.18. The number of nitrogens with zero attached hydrogens (tertiary/aromatic N) is 2. The summed E-state index contributed by atoms with van der Waals surface area (Å²) >= 11 is 0. The van der Waals surface area contributed by atoms with E-state index in [1.807, 2.05) is 37.2 Å². The van der Waals surface area contributed by atoms with Crippen LogP contribution in [0, 0.1) is 0 Å². The molecule has 1 aromatic heterocycles. The second kappa shape index (κ2) is 6.26. The van der Waals surface area contributed by atoms with Crippen molar-refractivity contribution in [2.24, 2.45) is 0 Å². The number of amides is 1. The summed E-state index contributed by atoms with van der Waals surface area (Å²) in [6.45, 7) is 0. The van der Waals surface area contributed by atoms with E-state index in [1.54, 1.807) is 32.5 Å². The maximum Gasteiger partial charge on any atom is 0.251 e. The average Bonchev–Trinajstić information content (AvgIpc) is 2.53. The molecule has 0 fully saturated rings. The summed E-state index contributed by atoms with van der Waals surface area (Å²) in [6.07, 6.45) is 1.74. The molecule has 1 N–H and O–H groups in total. The van der Waals surface area contributed by atoms with Crippen molar-refractivity contribution in [2.75, 3.05) is 33.2 Å². The van der Waals surface area contributed by atoms with Crippen molar-refractivity contribution < 1.29 is 9.53 Å². The zero-order valence-electron chi connectivity index (χ0n) is 12.7. The SMILES string of the molecule is CNC(=O)c1ccc(OC)c(-c2cccnc2N(C)C)c1. The van der Waals surface area contributed by atoms with Crippen LogP contribution >= 0.6 is 0 Å². The molecule has 1 amide bonds. The van der Waals surface area contributed by atoms with Crippen LogP contribution in [0.4, 0.5) is 5.82 Å². The number of benzene rings is 1. The fourth-order valence-corrected chi connectivity index (χ4v) is 2.17. The van der Waals surface area contributed by atoms with E-state index in [4.69, 9.17) is 4.74 Å².